The number of rotatable bonds is 4. The molecular formula is C41H19F4N5. The number of pyridine rings is 1. The van der Waals surface area contributed by atoms with Gasteiger partial charge < -0.3 is 0 Å². The summed E-state index contributed by atoms with van der Waals surface area (Å²) in [7, 11) is 0. The number of benzene rings is 6. The third-order valence-electron chi connectivity index (χ3n) is 8.65. The van der Waals surface area contributed by atoms with Crippen molar-refractivity contribution in [3.8, 4) is 57.0 Å². The van der Waals surface area contributed by atoms with Gasteiger partial charge in [-0.1, -0.05) is 103 Å². The van der Waals surface area contributed by atoms with Crippen molar-refractivity contribution in [3.63, 3.8) is 0 Å². The Morgan fingerprint density at radius 1 is 0.480 bits per heavy atom. The van der Waals surface area contributed by atoms with Crippen molar-refractivity contribution in [2.75, 3.05) is 0 Å². The Hall–Kier alpha value is -6.97. The van der Waals surface area contributed by atoms with Crippen molar-refractivity contribution in [1.82, 2.24) is 15.0 Å². The second kappa shape index (κ2) is 11.9. The van der Waals surface area contributed by atoms with Crippen LogP contribution in [0.25, 0.3) is 77.6 Å². The summed E-state index contributed by atoms with van der Waals surface area (Å²) in [5.74, 6) is -7.03. The summed E-state index contributed by atoms with van der Waals surface area (Å²) in [5.41, 5.74) is 1.87. The molecule has 5 nitrogen and oxygen atoms in total. The molecular weight excluding hydrogens is 638 g/mol. The fourth-order valence-electron chi connectivity index (χ4n) is 6.39. The van der Waals surface area contributed by atoms with Gasteiger partial charge in [0.25, 0.3) is 0 Å². The van der Waals surface area contributed by atoms with Crippen molar-refractivity contribution in [2.45, 2.75) is 0 Å². The van der Waals surface area contributed by atoms with E-state index in [4.69, 9.17) is 20.2 Å². The summed E-state index contributed by atoms with van der Waals surface area (Å²) in [5, 5.41) is 21.3. The Balaban J connectivity index is 1.54. The van der Waals surface area contributed by atoms with Crippen LogP contribution in [-0.2, 0) is 0 Å². The highest BCUT2D eigenvalue weighted by Gasteiger charge is 2.29. The SMILES string of the molecule is N#Cc1c(F)c(F)c(-c2ccccc2-c2nc3ccccc3c3c2cc(C#N)c2nc(-c4ccccc4)c(-c4ccccc4)nc23)c(F)c1F. The van der Waals surface area contributed by atoms with E-state index < -0.39 is 34.4 Å². The molecule has 0 spiro atoms. The number of para-hydroxylation sites is 1. The maximum absolute atomic E-state index is 15.5. The quantitative estimate of drug-likeness (QED) is 0.107. The van der Waals surface area contributed by atoms with Crippen molar-refractivity contribution < 1.29 is 17.6 Å². The molecule has 0 bridgehead atoms. The molecule has 9 heteroatoms. The van der Waals surface area contributed by atoms with Gasteiger partial charge in [0.05, 0.1) is 39.2 Å². The molecule has 0 aliphatic heterocycles. The molecule has 0 atom stereocenters. The van der Waals surface area contributed by atoms with Gasteiger partial charge in [-0.15, -0.1) is 0 Å². The number of hydrogen-bond acceptors (Lipinski definition) is 5. The molecule has 50 heavy (non-hydrogen) atoms. The zero-order valence-electron chi connectivity index (χ0n) is 25.7. The number of nitriles is 2. The standard InChI is InChI=1S/C41H19F4N5/c42-33-29(21-47)34(43)36(45)32(35(33)44)25-15-7-8-16-26(25)40-28-19-24(20-46)39-41(31(28)27-17-9-10-18-30(27)48-40)50-38(23-13-5-2-6-14-23)37(49-39)22-11-3-1-4-12-22/h1-19H. The molecule has 0 N–H and O–H groups in total. The molecule has 8 rings (SSSR count). The first-order valence-electron chi connectivity index (χ1n) is 15.3. The topological polar surface area (TPSA) is 86.2 Å². The van der Waals surface area contributed by atoms with Crippen molar-refractivity contribution in [1.29, 1.82) is 10.5 Å². The summed E-state index contributed by atoms with van der Waals surface area (Å²) in [4.78, 5) is 15.1. The molecule has 2 heterocycles. The fourth-order valence-corrected chi connectivity index (χ4v) is 6.39. The maximum Gasteiger partial charge on any atom is 0.180 e. The Bertz CT molecular complexity index is 2740. The minimum atomic E-state index is -1.80. The lowest BCUT2D eigenvalue weighted by Gasteiger charge is -2.18. The number of hydrogen-bond donors (Lipinski definition) is 0. The fraction of sp³-hybridized carbons (Fsp3) is 0. The number of aromatic nitrogens is 3. The van der Waals surface area contributed by atoms with Crippen molar-refractivity contribution in [2.24, 2.45) is 0 Å². The van der Waals surface area contributed by atoms with Crippen LogP contribution in [0.5, 0.6) is 0 Å². The number of halogens is 4. The second-order valence-corrected chi connectivity index (χ2v) is 11.4. The molecule has 236 valence electrons. The van der Waals surface area contributed by atoms with E-state index in [1.54, 1.807) is 24.3 Å². The van der Waals surface area contributed by atoms with Crippen LogP contribution in [0.2, 0.25) is 0 Å². The van der Waals surface area contributed by atoms with E-state index in [1.807, 2.05) is 72.8 Å². The minimum absolute atomic E-state index is 0.130. The van der Waals surface area contributed by atoms with Crippen LogP contribution < -0.4 is 0 Å². The van der Waals surface area contributed by atoms with Gasteiger partial charge in [-0.3, -0.25) is 0 Å². The zero-order valence-corrected chi connectivity index (χ0v) is 25.7. The smallest absolute Gasteiger partial charge is 0.180 e. The van der Waals surface area contributed by atoms with Gasteiger partial charge >= 0.3 is 0 Å². The predicted octanol–water partition coefficient (Wildman–Crippen LogP) is 10.3. The summed E-state index contributed by atoms with van der Waals surface area (Å²) >= 11 is 0. The summed E-state index contributed by atoms with van der Waals surface area (Å²) in [6.45, 7) is 0. The average Bonchev–Trinajstić information content (AvgIpc) is 3.17. The molecule has 6 aromatic carbocycles. The molecule has 0 aliphatic rings. The van der Waals surface area contributed by atoms with E-state index in [0.29, 0.717) is 44.1 Å². The van der Waals surface area contributed by atoms with Gasteiger partial charge in [0, 0.05) is 32.8 Å². The van der Waals surface area contributed by atoms with Gasteiger partial charge in [-0.25, -0.2) is 32.5 Å². The van der Waals surface area contributed by atoms with Gasteiger partial charge in [-0.05, 0) is 17.7 Å². The largest absolute Gasteiger partial charge is 0.247 e. The molecule has 0 unspecified atom stereocenters. The highest BCUT2D eigenvalue weighted by Crippen LogP contribution is 2.43. The van der Waals surface area contributed by atoms with E-state index >= 15 is 8.78 Å². The average molecular weight is 658 g/mol. The lowest BCUT2D eigenvalue weighted by atomic mass is 9.91. The van der Waals surface area contributed by atoms with Gasteiger partial charge in [-0.2, -0.15) is 10.5 Å². The van der Waals surface area contributed by atoms with Crippen molar-refractivity contribution >= 4 is 32.7 Å². The summed E-state index contributed by atoms with van der Waals surface area (Å²) < 4.78 is 60.9. The van der Waals surface area contributed by atoms with Crippen LogP contribution >= 0.6 is 0 Å². The molecule has 2 aromatic heterocycles. The van der Waals surface area contributed by atoms with Gasteiger partial charge in [0.1, 0.15) is 23.2 Å². The summed E-state index contributed by atoms with van der Waals surface area (Å²) in [6, 6.07) is 37.2. The molecule has 0 radical (unpaired) electrons. The number of nitrogens with zero attached hydrogens (tertiary/aromatic N) is 5. The van der Waals surface area contributed by atoms with Crippen LogP contribution in [0, 0.1) is 45.9 Å². The molecule has 0 aliphatic carbocycles. The maximum atomic E-state index is 15.5. The molecule has 0 fully saturated rings. The van der Waals surface area contributed by atoms with E-state index in [1.165, 1.54) is 24.3 Å². The first-order valence-corrected chi connectivity index (χ1v) is 15.3. The molecule has 0 saturated carbocycles. The molecule has 8 aromatic rings. The lowest BCUT2D eigenvalue weighted by Crippen LogP contribution is -2.05. The normalized spacial score (nSPS) is 11.2. The van der Waals surface area contributed by atoms with Crippen LogP contribution in [0.4, 0.5) is 17.6 Å². The van der Waals surface area contributed by atoms with Crippen LogP contribution in [0.15, 0.2) is 115 Å². The molecule has 0 saturated heterocycles. The minimum Gasteiger partial charge on any atom is -0.247 e. The highest BCUT2D eigenvalue weighted by atomic mass is 19.2. The van der Waals surface area contributed by atoms with E-state index in [-0.39, 0.29) is 22.4 Å². The monoisotopic (exact) mass is 657 g/mol. The Labute approximate surface area is 282 Å². The molecule has 0 amide bonds. The zero-order chi connectivity index (χ0) is 34.5. The summed E-state index contributed by atoms with van der Waals surface area (Å²) in [6.07, 6.45) is 0. The third-order valence-corrected chi connectivity index (χ3v) is 8.65. The Kier molecular flexibility index (Phi) is 7.24. The third kappa shape index (κ3) is 4.64. The first kappa shape index (κ1) is 30.4. The van der Waals surface area contributed by atoms with Crippen LogP contribution in [0.1, 0.15) is 11.1 Å². The van der Waals surface area contributed by atoms with E-state index in [0.717, 1.165) is 11.1 Å². The lowest BCUT2D eigenvalue weighted by molar-refractivity contribution is 0.454. The van der Waals surface area contributed by atoms with E-state index in [2.05, 4.69) is 6.07 Å². The Morgan fingerprint density at radius 2 is 1.02 bits per heavy atom. The second-order valence-electron chi connectivity index (χ2n) is 11.4. The van der Waals surface area contributed by atoms with Crippen LogP contribution in [0.3, 0.4) is 0 Å². The Morgan fingerprint density at radius 3 is 1.62 bits per heavy atom. The predicted molar refractivity (Wildman–Crippen MR) is 183 cm³/mol. The van der Waals surface area contributed by atoms with E-state index in [9.17, 15) is 14.0 Å². The number of fused-ring (bicyclic) bond motifs is 5. The van der Waals surface area contributed by atoms with Gasteiger partial charge in [0.15, 0.2) is 23.3 Å². The van der Waals surface area contributed by atoms with Gasteiger partial charge in [0.2, 0.25) is 0 Å². The highest BCUT2D eigenvalue weighted by molar-refractivity contribution is 6.22. The first-order chi connectivity index (χ1) is 24.4. The van der Waals surface area contributed by atoms with Crippen molar-refractivity contribution in [3.05, 3.63) is 150 Å². The van der Waals surface area contributed by atoms with Crippen LogP contribution in [-0.4, -0.2) is 15.0 Å².